The SMILES string of the molecule is CCN1CCN(C(=O)C2=C(C)C(=O)OC23CCN(Cc2ccccc2)CC3)CC1. The van der Waals surface area contributed by atoms with Gasteiger partial charge in [-0.05, 0) is 19.0 Å². The van der Waals surface area contributed by atoms with Crippen molar-refractivity contribution in [2.45, 2.75) is 38.8 Å². The topological polar surface area (TPSA) is 53.1 Å². The number of esters is 1. The van der Waals surface area contributed by atoms with Crippen LogP contribution in [0.3, 0.4) is 0 Å². The van der Waals surface area contributed by atoms with E-state index in [-0.39, 0.29) is 11.9 Å². The molecule has 29 heavy (non-hydrogen) atoms. The first-order valence-corrected chi connectivity index (χ1v) is 10.7. The van der Waals surface area contributed by atoms with Gasteiger partial charge in [-0.15, -0.1) is 0 Å². The largest absolute Gasteiger partial charge is 0.450 e. The van der Waals surface area contributed by atoms with Crippen molar-refractivity contribution < 1.29 is 14.3 Å². The molecular weight excluding hydrogens is 366 g/mol. The molecule has 156 valence electrons. The van der Waals surface area contributed by atoms with E-state index in [2.05, 4.69) is 41.0 Å². The Hall–Kier alpha value is -2.18. The molecule has 6 heteroatoms. The van der Waals surface area contributed by atoms with E-state index in [0.717, 1.165) is 39.3 Å². The number of carbonyl (C=O) groups is 2. The number of likely N-dealkylation sites (N-methyl/N-ethyl adjacent to an activating group) is 1. The Labute approximate surface area is 173 Å². The van der Waals surface area contributed by atoms with Gasteiger partial charge in [-0.3, -0.25) is 9.69 Å². The maximum Gasteiger partial charge on any atom is 0.335 e. The summed E-state index contributed by atoms with van der Waals surface area (Å²) >= 11 is 0. The predicted octanol–water partition coefficient (Wildman–Crippen LogP) is 2.06. The molecule has 0 N–H and O–H groups in total. The van der Waals surface area contributed by atoms with Gasteiger partial charge in [0.05, 0.1) is 5.57 Å². The molecule has 2 fully saturated rings. The van der Waals surface area contributed by atoms with Crippen LogP contribution in [0.4, 0.5) is 0 Å². The highest BCUT2D eigenvalue weighted by molar-refractivity contribution is 6.07. The maximum absolute atomic E-state index is 13.4. The van der Waals surface area contributed by atoms with Crippen molar-refractivity contribution >= 4 is 11.9 Å². The summed E-state index contributed by atoms with van der Waals surface area (Å²) in [6, 6.07) is 10.4. The number of hydrogen-bond donors (Lipinski definition) is 0. The van der Waals surface area contributed by atoms with Gasteiger partial charge < -0.3 is 14.5 Å². The number of amides is 1. The highest BCUT2D eigenvalue weighted by Gasteiger charge is 2.51. The van der Waals surface area contributed by atoms with Crippen molar-refractivity contribution in [2.75, 3.05) is 45.8 Å². The molecule has 0 radical (unpaired) electrons. The van der Waals surface area contributed by atoms with Gasteiger partial charge in [0.15, 0.2) is 0 Å². The monoisotopic (exact) mass is 397 g/mol. The first-order valence-electron chi connectivity index (χ1n) is 10.7. The second-order valence-corrected chi connectivity index (χ2v) is 8.37. The van der Waals surface area contributed by atoms with E-state index in [4.69, 9.17) is 4.74 Å². The van der Waals surface area contributed by atoms with E-state index < -0.39 is 5.60 Å². The minimum Gasteiger partial charge on any atom is -0.450 e. The van der Waals surface area contributed by atoms with Crippen molar-refractivity contribution in [3.8, 4) is 0 Å². The minimum absolute atomic E-state index is 0.000567. The number of ether oxygens (including phenoxy) is 1. The van der Waals surface area contributed by atoms with E-state index in [0.29, 0.717) is 37.1 Å². The molecule has 6 nitrogen and oxygen atoms in total. The lowest BCUT2D eigenvalue weighted by Crippen LogP contribution is -2.53. The zero-order valence-corrected chi connectivity index (χ0v) is 17.5. The molecule has 0 aliphatic carbocycles. The van der Waals surface area contributed by atoms with Crippen molar-refractivity contribution in [3.63, 3.8) is 0 Å². The van der Waals surface area contributed by atoms with Gasteiger partial charge in [0, 0.05) is 64.2 Å². The van der Waals surface area contributed by atoms with Crippen molar-refractivity contribution in [3.05, 3.63) is 47.0 Å². The third kappa shape index (κ3) is 3.96. The van der Waals surface area contributed by atoms with Crippen molar-refractivity contribution in [1.29, 1.82) is 0 Å². The van der Waals surface area contributed by atoms with Crippen molar-refractivity contribution in [1.82, 2.24) is 14.7 Å². The lowest BCUT2D eigenvalue weighted by atomic mass is 9.82. The zero-order valence-electron chi connectivity index (χ0n) is 17.5. The first kappa shape index (κ1) is 20.1. The van der Waals surface area contributed by atoms with Crippen molar-refractivity contribution in [2.24, 2.45) is 0 Å². The summed E-state index contributed by atoms with van der Waals surface area (Å²) in [4.78, 5) is 32.5. The van der Waals surface area contributed by atoms with Gasteiger partial charge >= 0.3 is 5.97 Å². The first-order chi connectivity index (χ1) is 14.0. The van der Waals surface area contributed by atoms with E-state index in [1.165, 1.54) is 5.56 Å². The summed E-state index contributed by atoms with van der Waals surface area (Å²) in [7, 11) is 0. The summed E-state index contributed by atoms with van der Waals surface area (Å²) in [6.45, 7) is 10.6. The average Bonchev–Trinajstić information content (AvgIpc) is 2.99. The van der Waals surface area contributed by atoms with E-state index in [1.807, 2.05) is 11.0 Å². The van der Waals surface area contributed by atoms with Crippen LogP contribution < -0.4 is 0 Å². The number of likely N-dealkylation sites (tertiary alicyclic amines) is 1. The summed E-state index contributed by atoms with van der Waals surface area (Å²) in [5.74, 6) is -0.322. The van der Waals surface area contributed by atoms with Crippen LogP contribution in [0.25, 0.3) is 0 Å². The molecule has 1 aromatic carbocycles. The highest BCUT2D eigenvalue weighted by atomic mass is 16.6. The second kappa shape index (κ2) is 8.28. The van der Waals surface area contributed by atoms with Crippen LogP contribution in [0.15, 0.2) is 41.5 Å². The number of benzene rings is 1. The molecule has 1 spiro atoms. The molecule has 1 aromatic rings. The van der Waals surface area contributed by atoms with Gasteiger partial charge in [-0.2, -0.15) is 0 Å². The molecule has 3 aliphatic rings. The molecule has 0 bridgehead atoms. The number of nitrogens with zero attached hydrogens (tertiary/aromatic N) is 3. The number of carbonyl (C=O) groups excluding carboxylic acids is 2. The molecule has 1 amide bonds. The smallest absolute Gasteiger partial charge is 0.335 e. The van der Waals surface area contributed by atoms with Crippen LogP contribution in [-0.2, 0) is 20.9 Å². The van der Waals surface area contributed by atoms with Crippen LogP contribution in [-0.4, -0.2) is 78.0 Å². The average molecular weight is 398 g/mol. The quantitative estimate of drug-likeness (QED) is 0.728. The Morgan fingerprint density at radius 3 is 2.28 bits per heavy atom. The minimum atomic E-state index is -0.743. The Bertz CT molecular complexity index is 789. The molecule has 3 heterocycles. The van der Waals surface area contributed by atoms with Gasteiger partial charge in [0.2, 0.25) is 0 Å². The molecule has 3 aliphatic heterocycles. The van der Waals surface area contributed by atoms with Crippen LogP contribution >= 0.6 is 0 Å². The number of hydrogen-bond acceptors (Lipinski definition) is 5. The molecule has 0 unspecified atom stereocenters. The van der Waals surface area contributed by atoms with Crippen LogP contribution in [0, 0.1) is 0 Å². The molecule has 0 atom stereocenters. The Balaban J connectivity index is 1.46. The maximum atomic E-state index is 13.4. The normalized spacial score (nSPS) is 23.0. The number of piperazine rings is 1. The summed E-state index contributed by atoms with van der Waals surface area (Å²) in [5.41, 5.74) is 1.66. The third-order valence-corrected chi connectivity index (χ3v) is 6.66. The van der Waals surface area contributed by atoms with Gasteiger partial charge in [0.1, 0.15) is 5.60 Å². The summed E-state index contributed by atoms with van der Waals surface area (Å²) in [5, 5.41) is 0. The molecule has 4 rings (SSSR count). The summed E-state index contributed by atoms with van der Waals surface area (Å²) in [6.07, 6.45) is 1.36. The highest BCUT2D eigenvalue weighted by Crippen LogP contribution is 2.42. The van der Waals surface area contributed by atoms with Gasteiger partial charge in [0.25, 0.3) is 5.91 Å². The fraction of sp³-hybridized carbons (Fsp3) is 0.565. The van der Waals surface area contributed by atoms with E-state index in [9.17, 15) is 9.59 Å². The fourth-order valence-electron chi connectivity index (χ4n) is 4.80. The van der Waals surface area contributed by atoms with Gasteiger partial charge in [-0.25, -0.2) is 4.79 Å². The second-order valence-electron chi connectivity index (χ2n) is 8.37. The lowest BCUT2D eigenvalue weighted by molar-refractivity contribution is -0.151. The standard InChI is InChI=1S/C23H31N3O3/c1-3-24-13-15-26(16-14-24)21(27)20-18(2)22(28)29-23(20)9-11-25(12-10-23)17-19-7-5-4-6-8-19/h4-8H,3,9-17H2,1-2H3. The third-order valence-electron chi connectivity index (χ3n) is 6.66. The molecule has 0 aromatic heterocycles. The molecular formula is C23H31N3O3. The van der Waals surface area contributed by atoms with E-state index in [1.54, 1.807) is 6.92 Å². The number of rotatable bonds is 4. The van der Waals surface area contributed by atoms with Crippen LogP contribution in [0.1, 0.15) is 32.3 Å². The summed E-state index contributed by atoms with van der Waals surface area (Å²) < 4.78 is 5.87. The Morgan fingerprint density at radius 1 is 1.00 bits per heavy atom. The molecule has 0 saturated carbocycles. The predicted molar refractivity (Wildman–Crippen MR) is 111 cm³/mol. The zero-order chi connectivity index (χ0) is 20.4. The van der Waals surface area contributed by atoms with Crippen LogP contribution in [0.2, 0.25) is 0 Å². The Kier molecular flexibility index (Phi) is 5.74. The Morgan fingerprint density at radius 2 is 1.66 bits per heavy atom. The van der Waals surface area contributed by atoms with E-state index >= 15 is 0 Å². The number of piperidine rings is 1. The van der Waals surface area contributed by atoms with Gasteiger partial charge in [-0.1, -0.05) is 37.3 Å². The lowest BCUT2D eigenvalue weighted by Gasteiger charge is -2.41. The fourth-order valence-corrected chi connectivity index (χ4v) is 4.80. The molecule has 2 saturated heterocycles. The van der Waals surface area contributed by atoms with Crippen LogP contribution in [0.5, 0.6) is 0 Å².